The number of nitrogens with zero attached hydrogens (tertiary/aromatic N) is 4. The zero-order chi connectivity index (χ0) is 21.4. The van der Waals surface area contributed by atoms with Crippen molar-refractivity contribution >= 4 is 17.4 Å². The van der Waals surface area contributed by atoms with E-state index in [1.807, 2.05) is 6.92 Å². The Morgan fingerprint density at radius 2 is 1.97 bits per heavy atom. The van der Waals surface area contributed by atoms with Crippen molar-refractivity contribution in [3.05, 3.63) is 46.7 Å². The van der Waals surface area contributed by atoms with Crippen molar-refractivity contribution < 1.29 is 23.8 Å². The number of morpholine rings is 1. The summed E-state index contributed by atoms with van der Waals surface area (Å²) in [5.74, 6) is -1.12. The molecule has 2 aromatic rings. The molecular formula is C21H26N4O5. The maximum Gasteiger partial charge on any atom is 0.295 e. The maximum atomic E-state index is 13.0. The van der Waals surface area contributed by atoms with E-state index in [4.69, 9.17) is 9.15 Å². The van der Waals surface area contributed by atoms with Crippen molar-refractivity contribution in [2.45, 2.75) is 19.9 Å². The molecule has 160 valence electrons. The van der Waals surface area contributed by atoms with Crippen molar-refractivity contribution in [1.29, 1.82) is 0 Å². The SMILES string of the molecule is Cc1nn(C)c(C)c1C(O)=C1C(=O)C(=O)N(CCN2CCOCC2)C1c1ccco1. The zero-order valence-corrected chi connectivity index (χ0v) is 17.4. The molecule has 2 aromatic heterocycles. The summed E-state index contributed by atoms with van der Waals surface area (Å²) in [6, 6.07) is 2.65. The Morgan fingerprint density at radius 3 is 2.57 bits per heavy atom. The van der Waals surface area contributed by atoms with Gasteiger partial charge in [0.05, 0.1) is 36.3 Å². The maximum absolute atomic E-state index is 13.0. The van der Waals surface area contributed by atoms with Crippen LogP contribution in [0.1, 0.15) is 28.8 Å². The molecule has 4 rings (SSSR count). The summed E-state index contributed by atoms with van der Waals surface area (Å²) < 4.78 is 12.6. The van der Waals surface area contributed by atoms with Crippen LogP contribution < -0.4 is 0 Å². The molecule has 0 aromatic carbocycles. The van der Waals surface area contributed by atoms with E-state index in [9.17, 15) is 14.7 Å². The van der Waals surface area contributed by atoms with Crippen molar-refractivity contribution in [3.8, 4) is 0 Å². The lowest BCUT2D eigenvalue weighted by Gasteiger charge is -2.30. The van der Waals surface area contributed by atoms with Gasteiger partial charge >= 0.3 is 0 Å². The van der Waals surface area contributed by atoms with Crippen molar-refractivity contribution in [3.63, 3.8) is 0 Å². The van der Waals surface area contributed by atoms with Crippen LogP contribution in [0.3, 0.4) is 0 Å². The van der Waals surface area contributed by atoms with Crippen LogP contribution in [-0.2, 0) is 21.4 Å². The molecule has 0 aliphatic carbocycles. The van der Waals surface area contributed by atoms with E-state index in [1.165, 1.54) is 11.2 Å². The monoisotopic (exact) mass is 414 g/mol. The fourth-order valence-electron chi connectivity index (χ4n) is 4.18. The Hall–Kier alpha value is -2.91. The molecule has 4 heterocycles. The van der Waals surface area contributed by atoms with Gasteiger partial charge in [0.15, 0.2) is 0 Å². The lowest BCUT2D eigenvalue weighted by Crippen LogP contribution is -2.42. The Morgan fingerprint density at radius 1 is 1.23 bits per heavy atom. The number of hydrogen-bond acceptors (Lipinski definition) is 7. The highest BCUT2D eigenvalue weighted by atomic mass is 16.5. The first-order chi connectivity index (χ1) is 14.4. The van der Waals surface area contributed by atoms with Gasteiger partial charge in [0.25, 0.3) is 11.7 Å². The average Bonchev–Trinajstić information content (AvgIpc) is 3.41. The van der Waals surface area contributed by atoms with Crippen LogP contribution in [0.25, 0.3) is 5.76 Å². The van der Waals surface area contributed by atoms with Crippen LogP contribution in [0.15, 0.2) is 28.4 Å². The minimum Gasteiger partial charge on any atom is -0.507 e. The highest BCUT2D eigenvalue weighted by Gasteiger charge is 2.47. The number of aromatic nitrogens is 2. The minimum atomic E-state index is -0.778. The lowest BCUT2D eigenvalue weighted by atomic mass is 9.98. The fraction of sp³-hybridized carbons (Fsp3) is 0.476. The average molecular weight is 414 g/mol. The van der Waals surface area contributed by atoms with Gasteiger partial charge in [-0.25, -0.2) is 0 Å². The smallest absolute Gasteiger partial charge is 0.295 e. The highest BCUT2D eigenvalue weighted by Crippen LogP contribution is 2.40. The molecule has 1 amide bonds. The van der Waals surface area contributed by atoms with E-state index in [-0.39, 0.29) is 11.3 Å². The van der Waals surface area contributed by atoms with Crippen molar-refractivity contribution in [2.75, 3.05) is 39.4 Å². The molecule has 1 unspecified atom stereocenters. The molecule has 30 heavy (non-hydrogen) atoms. The normalized spacial score (nSPS) is 22.2. The van der Waals surface area contributed by atoms with Crippen molar-refractivity contribution in [1.82, 2.24) is 19.6 Å². The Balaban J connectivity index is 1.74. The van der Waals surface area contributed by atoms with E-state index < -0.39 is 17.7 Å². The number of hydrogen-bond donors (Lipinski definition) is 1. The summed E-state index contributed by atoms with van der Waals surface area (Å²) in [5, 5.41) is 15.5. The summed E-state index contributed by atoms with van der Waals surface area (Å²) in [7, 11) is 1.77. The third kappa shape index (κ3) is 3.44. The number of furan rings is 1. The van der Waals surface area contributed by atoms with Gasteiger partial charge in [-0.1, -0.05) is 0 Å². The molecule has 0 radical (unpaired) electrons. The van der Waals surface area contributed by atoms with Crippen molar-refractivity contribution in [2.24, 2.45) is 7.05 Å². The van der Waals surface area contributed by atoms with E-state index in [0.717, 1.165) is 13.1 Å². The van der Waals surface area contributed by atoms with Gasteiger partial charge in [0.2, 0.25) is 0 Å². The number of Topliss-reactive ketones (excluding diaryl/α,β-unsaturated/α-hetero) is 1. The van der Waals surface area contributed by atoms with Crippen LogP contribution >= 0.6 is 0 Å². The largest absolute Gasteiger partial charge is 0.507 e. The number of aliphatic hydroxyl groups excluding tert-OH is 1. The number of ether oxygens (including phenoxy) is 1. The van der Waals surface area contributed by atoms with Gasteiger partial charge < -0.3 is 19.2 Å². The van der Waals surface area contributed by atoms with E-state index in [1.54, 1.807) is 30.8 Å². The highest BCUT2D eigenvalue weighted by molar-refractivity contribution is 6.46. The number of likely N-dealkylation sites (tertiary alicyclic amines) is 1. The van der Waals surface area contributed by atoms with Gasteiger partial charge in [-0.2, -0.15) is 5.10 Å². The van der Waals surface area contributed by atoms with Gasteiger partial charge in [0.1, 0.15) is 17.6 Å². The summed E-state index contributed by atoms with van der Waals surface area (Å²) in [6.07, 6.45) is 1.50. The summed E-state index contributed by atoms with van der Waals surface area (Å²) >= 11 is 0. The van der Waals surface area contributed by atoms with E-state index >= 15 is 0 Å². The third-order valence-electron chi connectivity index (χ3n) is 5.86. The number of ketones is 1. The Kier molecular flexibility index (Phi) is 5.48. The number of rotatable bonds is 5. The molecule has 0 bridgehead atoms. The minimum absolute atomic E-state index is 0.0381. The summed E-state index contributed by atoms with van der Waals surface area (Å²) in [5.41, 5.74) is 1.81. The number of carbonyl (C=O) groups is 2. The predicted octanol–water partition coefficient (Wildman–Crippen LogP) is 1.38. The van der Waals surface area contributed by atoms with Crippen LogP contribution in [0.4, 0.5) is 0 Å². The molecule has 1 N–H and O–H groups in total. The van der Waals surface area contributed by atoms with Gasteiger partial charge in [0, 0.05) is 38.9 Å². The van der Waals surface area contributed by atoms with Crippen LogP contribution in [0.2, 0.25) is 0 Å². The number of carbonyl (C=O) groups excluding carboxylic acids is 2. The van der Waals surface area contributed by atoms with Crippen LogP contribution in [0, 0.1) is 13.8 Å². The number of aryl methyl sites for hydroxylation is 2. The predicted molar refractivity (Wildman–Crippen MR) is 108 cm³/mol. The van der Waals surface area contributed by atoms with Gasteiger partial charge in [-0.15, -0.1) is 0 Å². The molecule has 2 saturated heterocycles. The standard InChI is InChI=1S/C21H26N4O5/c1-13-16(14(2)23(3)22-13)19(26)17-18(15-5-4-10-30-15)25(21(28)20(17)27)7-6-24-8-11-29-12-9-24/h4-5,10,18,26H,6-9,11-12H2,1-3H3. The second kappa shape index (κ2) is 8.08. The Bertz CT molecular complexity index is 985. The Labute approximate surface area is 174 Å². The molecular weight excluding hydrogens is 388 g/mol. The molecule has 0 saturated carbocycles. The molecule has 2 aliphatic rings. The summed E-state index contributed by atoms with van der Waals surface area (Å²) in [6.45, 7) is 7.40. The fourth-order valence-corrected chi connectivity index (χ4v) is 4.18. The zero-order valence-electron chi connectivity index (χ0n) is 17.4. The second-order valence-corrected chi connectivity index (χ2v) is 7.63. The summed E-state index contributed by atoms with van der Waals surface area (Å²) in [4.78, 5) is 29.6. The number of amides is 1. The molecule has 9 heteroatoms. The topological polar surface area (TPSA) is 101 Å². The lowest BCUT2D eigenvalue weighted by molar-refractivity contribution is -0.140. The molecule has 9 nitrogen and oxygen atoms in total. The molecule has 0 spiro atoms. The van der Waals surface area contributed by atoms with E-state index in [0.29, 0.717) is 49.0 Å². The molecule has 1 atom stereocenters. The quantitative estimate of drug-likeness (QED) is 0.448. The van der Waals surface area contributed by atoms with Crippen LogP contribution in [0.5, 0.6) is 0 Å². The van der Waals surface area contributed by atoms with Gasteiger partial charge in [-0.05, 0) is 26.0 Å². The number of aliphatic hydroxyl groups is 1. The molecule has 2 aliphatic heterocycles. The van der Waals surface area contributed by atoms with Gasteiger partial charge in [-0.3, -0.25) is 19.2 Å². The first-order valence-electron chi connectivity index (χ1n) is 10.0. The first kappa shape index (κ1) is 20.4. The third-order valence-corrected chi connectivity index (χ3v) is 5.86. The van der Waals surface area contributed by atoms with Crippen LogP contribution in [-0.4, -0.2) is 75.8 Å². The molecule has 2 fully saturated rings. The van der Waals surface area contributed by atoms with E-state index in [2.05, 4.69) is 10.00 Å². The second-order valence-electron chi connectivity index (χ2n) is 7.63. The first-order valence-corrected chi connectivity index (χ1v) is 10.0.